The van der Waals surface area contributed by atoms with Crippen LogP contribution >= 0.6 is 15.9 Å². The first-order valence-electron chi connectivity index (χ1n) is 6.89. The third-order valence-electron chi connectivity index (χ3n) is 3.74. The van der Waals surface area contributed by atoms with Gasteiger partial charge in [-0.25, -0.2) is 0 Å². The Morgan fingerprint density at radius 1 is 1.22 bits per heavy atom. The van der Waals surface area contributed by atoms with Gasteiger partial charge in [0.2, 0.25) is 0 Å². The molecule has 0 unspecified atom stereocenters. The van der Waals surface area contributed by atoms with Gasteiger partial charge in [0, 0.05) is 5.33 Å². The quantitative estimate of drug-likeness (QED) is 0.259. The summed E-state index contributed by atoms with van der Waals surface area (Å²) in [4.78, 5) is 0. The summed E-state index contributed by atoms with van der Waals surface area (Å²) in [5.41, 5.74) is -2.87. The van der Waals surface area contributed by atoms with Crippen molar-refractivity contribution in [2.24, 2.45) is 0 Å². The number of rotatable bonds is 5. The second kappa shape index (κ2) is 6.99. The first-order valence-corrected chi connectivity index (χ1v) is 8.01. The third-order valence-corrected chi connectivity index (χ3v) is 4.07. The van der Waals surface area contributed by atoms with Gasteiger partial charge in [0.1, 0.15) is 24.1 Å². The number of alkyl halides is 1. The van der Waals surface area contributed by atoms with E-state index in [1.165, 1.54) is 18.2 Å². The Morgan fingerprint density at radius 3 is 2.52 bits per heavy atom. The fourth-order valence-electron chi connectivity index (χ4n) is 2.50. The van der Waals surface area contributed by atoms with Crippen molar-refractivity contribution in [3.8, 4) is 5.75 Å². The van der Waals surface area contributed by atoms with Crippen LogP contribution in [-0.2, 0) is 10.3 Å². The van der Waals surface area contributed by atoms with E-state index in [0.717, 1.165) is 0 Å². The van der Waals surface area contributed by atoms with Crippen molar-refractivity contribution in [1.29, 1.82) is 0 Å². The summed E-state index contributed by atoms with van der Waals surface area (Å²) < 4.78 is 10.1. The molecule has 0 saturated carbocycles. The minimum Gasteiger partial charge on any atom is -0.493 e. The number of aliphatic hydroxyl groups excluding tert-OH is 3. The zero-order valence-corrected chi connectivity index (χ0v) is 13.6. The van der Waals surface area contributed by atoms with E-state index in [0.29, 0.717) is 17.7 Å². The minimum absolute atomic E-state index is 0.127. The van der Waals surface area contributed by atoms with Crippen molar-refractivity contribution in [2.45, 2.75) is 29.9 Å². The lowest BCUT2D eigenvalue weighted by molar-refractivity contribution is -0.474. The Balaban J connectivity index is 2.42. The molecule has 0 radical (unpaired) electrons. The molecule has 0 aromatic heterocycles. The second-order valence-corrected chi connectivity index (χ2v) is 6.01. The Labute approximate surface area is 140 Å². The van der Waals surface area contributed by atoms with E-state index < -0.39 is 36.5 Å². The van der Waals surface area contributed by atoms with Crippen molar-refractivity contribution in [3.05, 3.63) is 29.8 Å². The highest BCUT2D eigenvalue weighted by molar-refractivity contribution is 9.09. The van der Waals surface area contributed by atoms with Crippen LogP contribution in [0.15, 0.2) is 24.3 Å². The Morgan fingerprint density at radius 2 is 1.91 bits per heavy atom. The number of aliphatic hydroxyl groups is 6. The smallest absolute Gasteiger partial charge is 0.316 e. The highest BCUT2D eigenvalue weighted by Crippen LogP contribution is 2.43. The summed E-state index contributed by atoms with van der Waals surface area (Å²) in [5, 5.41) is 60.6. The lowest BCUT2D eigenvalue weighted by Gasteiger charge is -2.50. The van der Waals surface area contributed by atoms with Crippen LogP contribution in [0.5, 0.6) is 5.75 Å². The molecule has 1 aromatic carbocycles. The molecule has 1 aromatic rings. The van der Waals surface area contributed by atoms with E-state index in [1.807, 2.05) is 0 Å². The van der Waals surface area contributed by atoms with Crippen molar-refractivity contribution in [2.75, 3.05) is 18.5 Å². The SMILES string of the molecule is OC[C@H]1OC(O)(O)[C@@](O)(c2cccc(OCCBr)c2)[C@@H](O)[C@@H]1O. The van der Waals surface area contributed by atoms with Crippen LogP contribution in [0.1, 0.15) is 5.56 Å². The van der Waals surface area contributed by atoms with Gasteiger partial charge < -0.3 is 40.1 Å². The summed E-state index contributed by atoms with van der Waals surface area (Å²) in [7, 11) is 0. The first kappa shape index (κ1) is 18.6. The van der Waals surface area contributed by atoms with Gasteiger partial charge in [0.25, 0.3) is 0 Å². The second-order valence-electron chi connectivity index (χ2n) is 5.21. The molecule has 8 nitrogen and oxygen atoms in total. The minimum atomic E-state index is -3.23. The summed E-state index contributed by atoms with van der Waals surface area (Å²) in [6.45, 7) is -0.439. The van der Waals surface area contributed by atoms with Gasteiger partial charge >= 0.3 is 5.97 Å². The van der Waals surface area contributed by atoms with Crippen LogP contribution < -0.4 is 4.74 Å². The molecular weight excluding hydrogens is 376 g/mol. The zero-order chi connectivity index (χ0) is 17.3. The molecule has 0 aliphatic carbocycles. The molecule has 23 heavy (non-hydrogen) atoms. The molecule has 6 N–H and O–H groups in total. The first-order chi connectivity index (χ1) is 10.8. The maximum absolute atomic E-state index is 10.7. The number of ether oxygens (including phenoxy) is 2. The maximum Gasteiger partial charge on any atom is 0.316 e. The van der Waals surface area contributed by atoms with E-state index >= 15 is 0 Å². The molecular formula is C14H19BrO8. The summed E-state index contributed by atoms with van der Waals surface area (Å²) in [6.07, 6.45) is -5.22. The summed E-state index contributed by atoms with van der Waals surface area (Å²) in [5.74, 6) is -2.91. The van der Waals surface area contributed by atoms with Crippen molar-refractivity contribution < 1.29 is 40.1 Å². The number of hydrogen-bond donors (Lipinski definition) is 6. The average Bonchev–Trinajstić information content (AvgIpc) is 2.54. The fourth-order valence-corrected chi connectivity index (χ4v) is 2.66. The van der Waals surface area contributed by atoms with Crippen molar-refractivity contribution in [3.63, 3.8) is 0 Å². The molecule has 1 heterocycles. The third kappa shape index (κ3) is 3.24. The molecule has 4 atom stereocenters. The molecule has 1 saturated heterocycles. The van der Waals surface area contributed by atoms with Gasteiger partial charge in [0.05, 0.1) is 13.2 Å². The predicted octanol–water partition coefficient (Wildman–Crippen LogP) is -1.60. The molecule has 1 fully saturated rings. The maximum atomic E-state index is 10.7. The monoisotopic (exact) mass is 394 g/mol. The predicted molar refractivity (Wildman–Crippen MR) is 80.8 cm³/mol. The van der Waals surface area contributed by atoms with Gasteiger partial charge in [-0.15, -0.1) is 0 Å². The molecule has 2 rings (SSSR count). The van der Waals surface area contributed by atoms with Gasteiger partial charge in [-0.05, 0) is 17.7 Å². The van der Waals surface area contributed by atoms with Crippen molar-refractivity contribution in [1.82, 2.24) is 0 Å². The number of benzene rings is 1. The van der Waals surface area contributed by atoms with E-state index in [2.05, 4.69) is 15.9 Å². The molecule has 1 aliphatic rings. The lowest BCUT2D eigenvalue weighted by Crippen LogP contribution is -2.71. The molecule has 0 spiro atoms. The topological polar surface area (TPSA) is 140 Å². The van der Waals surface area contributed by atoms with Crippen LogP contribution in [0.25, 0.3) is 0 Å². The van der Waals surface area contributed by atoms with Crippen LogP contribution in [0, 0.1) is 0 Å². The molecule has 9 heteroatoms. The van der Waals surface area contributed by atoms with E-state index in [1.54, 1.807) is 6.07 Å². The molecule has 1 aliphatic heterocycles. The Bertz CT molecular complexity index is 539. The van der Waals surface area contributed by atoms with Crippen molar-refractivity contribution >= 4 is 15.9 Å². The number of hydrogen-bond acceptors (Lipinski definition) is 8. The summed E-state index contributed by atoms with van der Waals surface area (Å²) >= 11 is 3.19. The Hall–Kier alpha value is -0.780. The van der Waals surface area contributed by atoms with Gasteiger partial charge in [-0.3, -0.25) is 0 Å². The molecule has 0 amide bonds. The normalized spacial score (nSPS) is 33.4. The van der Waals surface area contributed by atoms with E-state index in [-0.39, 0.29) is 5.56 Å². The van der Waals surface area contributed by atoms with E-state index in [4.69, 9.17) is 14.6 Å². The molecule has 130 valence electrons. The highest BCUT2D eigenvalue weighted by Gasteiger charge is 2.64. The number of halogens is 1. The lowest BCUT2D eigenvalue weighted by atomic mass is 9.79. The van der Waals surface area contributed by atoms with Gasteiger partial charge in [-0.1, -0.05) is 28.1 Å². The van der Waals surface area contributed by atoms with Crippen LogP contribution in [-0.4, -0.2) is 73.5 Å². The molecule has 0 bridgehead atoms. The Kier molecular flexibility index (Phi) is 5.64. The largest absolute Gasteiger partial charge is 0.493 e. The van der Waals surface area contributed by atoms with Crippen LogP contribution in [0.4, 0.5) is 0 Å². The fraction of sp³-hybridized carbons (Fsp3) is 0.571. The average molecular weight is 395 g/mol. The highest BCUT2D eigenvalue weighted by atomic mass is 79.9. The van der Waals surface area contributed by atoms with Crippen LogP contribution in [0.3, 0.4) is 0 Å². The zero-order valence-electron chi connectivity index (χ0n) is 12.0. The summed E-state index contributed by atoms with van der Waals surface area (Å²) in [6, 6.07) is 5.67. The standard InChI is InChI=1S/C14H19BrO8/c15-4-5-22-9-3-1-2-8(6-9)13(19)12(18)11(17)10(7-16)23-14(13,20)21/h1-3,6,10-12,16-21H,4-5,7H2/t10-,11-,12+,13-/m1/s1. The van der Waals surface area contributed by atoms with E-state index in [9.17, 15) is 25.5 Å². The van der Waals surface area contributed by atoms with Gasteiger partial charge in [0.15, 0.2) is 5.60 Å². The van der Waals surface area contributed by atoms with Crippen LogP contribution in [0.2, 0.25) is 0 Å². The van der Waals surface area contributed by atoms with Gasteiger partial charge in [-0.2, -0.15) is 0 Å².